The van der Waals surface area contributed by atoms with E-state index in [0.29, 0.717) is 17.3 Å². The standard InChI is InChI=1S/C11H13N3O2S/c1-6-4-7(15-2)5-8(16-3)9(6)10-11(12)14-17-13-10/h4-5H,1-3H3,(H2,12,14). The number of nitrogen functional groups attached to an aromatic ring is 1. The largest absolute Gasteiger partial charge is 0.497 e. The van der Waals surface area contributed by atoms with Gasteiger partial charge >= 0.3 is 0 Å². The van der Waals surface area contributed by atoms with Gasteiger partial charge in [0.05, 0.1) is 31.5 Å². The van der Waals surface area contributed by atoms with Crippen LogP contribution in [0.2, 0.25) is 0 Å². The van der Waals surface area contributed by atoms with Gasteiger partial charge in [0.1, 0.15) is 17.2 Å². The van der Waals surface area contributed by atoms with Crippen LogP contribution in [0.15, 0.2) is 12.1 Å². The zero-order valence-corrected chi connectivity index (χ0v) is 10.7. The normalized spacial score (nSPS) is 10.3. The van der Waals surface area contributed by atoms with Crippen molar-refractivity contribution in [3.63, 3.8) is 0 Å². The first kappa shape index (κ1) is 11.7. The predicted molar refractivity (Wildman–Crippen MR) is 67.6 cm³/mol. The van der Waals surface area contributed by atoms with Crippen molar-refractivity contribution >= 4 is 17.5 Å². The Labute approximate surface area is 104 Å². The third kappa shape index (κ3) is 2.03. The summed E-state index contributed by atoms with van der Waals surface area (Å²) in [6, 6.07) is 3.72. The van der Waals surface area contributed by atoms with Crippen molar-refractivity contribution in [2.24, 2.45) is 0 Å². The van der Waals surface area contributed by atoms with Crippen LogP contribution in [0.3, 0.4) is 0 Å². The fraction of sp³-hybridized carbons (Fsp3) is 0.273. The van der Waals surface area contributed by atoms with E-state index in [4.69, 9.17) is 15.2 Å². The highest BCUT2D eigenvalue weighted by molar-refractivity contribution is 6.99. The van der Waals surface area contributed by atoms with E-state index in [0.717, 1.165) is 28.6 Å². The Morgan fingerprint density at radius 3 is 2.47 bits per heavy atom. The number of methoxy groups -OCH3 is 2. The molecular weight excluding hydrogens is 238 g/mol. The number of nitrogens with two attached hydrogens (primary N) is 1. The van der Waals surface area contributed by atoms with Crippen LogP contribution in [0.5, 0.6) is 11.5 Å². The van der Waals surface area contributed by atoms with Crippen molar-refractivity contribution in [3.8, 4) is 22.8 Å². The molecule has 0 amide bonds. The van der Waals surface area contributed by atoms with E-state index in [9.17, 15) is 0 Å². The molecule has 2 rings (SSSR count). The lowest BCUT2D eigenvalue weighted by atomic mass is 10.0. The van der Waals surface area contributed by atoms with E-state index in [-0.39, 0.29) is 0 Å². The van der Waals surface area contributed by atoms with Crippen LogP contribution in [-0.2, 0) is 0 Å². The van der Waals surface area contributed by atoms with E-state index < -0.39 is 0 Å². The summed E-state index contributed by atoms with van der Waals surface area (Å²) in [7, 11) is 3.22. The molecule has 0 atom stereocenters. The summed E-state index contributed by atoms with van der Waals surface area (Å²) in [4.78, 5) is 0. The minimum Gasteiger partial charge on any atom is -0.497 e. The van der Waals surface area contributed by atoms with E-state index in [2.05, 4.69) is 8.75 Å². The lowest BCUT2D eigenvalue weighted by Crippen LogP contribution is -1.96. The number of aryl methyl sites for hydroxylation is 1. The maximum atomic E-state index is 5.79. The van der Waals surface area contributed by atoms with Gasteiger partial charge in [0.2, 0.25) is 0 Å². The molecule has 1 aromatic carbocycles. The van der Waals surface area contributed by atoms with Crippen LogP contribution in [0.1, 0.15) is 5.56 Å². The average molecular weight is 251 g/mol. The fourth-order valence-electron chi connectivity index (χ4n) is 1.67. The molecule has 2 N–H and O–H groups in total. The molecule has 0 fully saturated rings. The van der Waals surface area contributed by atoms with Crippen LogP contribution in [0, 0.1) is 6.92 Å². The van der Waals surface area contributed by atoms with Crippen LogP contribution in [-0.4, -0.2) is 23.0 Å². The Balaban J connectivity index is 2.65. The van der Waals surface area contributed by atoms with Gasteiger partial charge in [-0.15, -0.1) is 0 Å². The van der Waals surface area contributed by atoms with Crippen LogP contribution < -0.4 is 15.2 Å². The highest BCUT2D eigenvalue weighted by atomic mass is 32.1. The SMILES string of the molecule is COc1cc(C)c(-c2nsnc2N)c(OC)c1. The van der Waals surface area contributed by atoms with Gasteiger partial charge in [-0.05, 0) is 18.6 Å². The number of aromatic nitrogens is 2. The second kappa shape index (κ2) is 4.58. The number of hydrogen-bond donors (Lipinski definition) is 1. The number of benzene rings is 1. The van der Waals surface area contributed by atoms with Crippen molar-refractivity contribution in [3.05, 3.63) is 17.7 Å². The summed E-state index contributed by atoms with van der Waals surface area (Å²) in [5.41, 5.74) is 8.29. The molecule has 2 aromatic rings. The smallest absolute Gasteiger partial charge is 0.165 e. The second-order valence-corrected chi connectivity index (χ2v) is 4.05. The summed E-state index contributed by atoms with van der Waals surface area (Å²) in [5.74, 6) is 1.84. The molecule has 0 saturated heterocycles. The molecule has 17 heavy (non-hydrogen) atoms. The summed E-state index contributed by atoms with van der Waals surface area (Å²) in [6.07, 6.45) is 0. The lowest BCUT2D eigenvalue weighted by Gasteiger charge is -2.12. The van der Waals surface area contributed by atoms with Crippen molar-refractivity contribution in [2.45, 2.75) is 6.92 Å². The average Bonchev–Trinajstić information content (AvgIpc) is 2.74. The van der Waals surface area contributed by atoms with Crippen LogP contribution in [0.4, 0.5) is 5.82 Å². The van der Waals surface area contributed by atoms with Gasteiger partial charge in [0.25, 0.3) is 0 Å². The summed E-state index contributed by atoms with van der Waals surface area (Å²) < 4.78 is 18.7. The molecule has 0 saturated carbocycles. The molecule has 0 unspecified atom stereocenters. The Morgan fingerprint density at radius 2 is 1.94 bits per heavy atom. The van der Waals surface area contributed by atoms with Gasteiger partial charge in [-0.2, -0.15) is 8.75 Å². The first-order valence-electron chi connectivity index (χ1n) is 4.98. The summed E-state index contributed by atoms with van der Waals surface area (Å²) in [6.45, 7) is 1.96. The minimum atomic E-state index is 0.418. The number of anilines is 1. The lowest BCUT2D eigenvalue weighted by molar-refractivity contribution is 0.395. The van der Waals surface area contributed by atoms with Gasteiger partial charge < -0.3 is 15.2 Å². The zero-order valence-electron chi connectivity index (χ0n) is 9.85. The van der Waals surface area contributed by atoms with Crippen molar-refractivity contribution in [1.82, 2.24) is 8.75 Å². The molecular formula is C11H13N3O2S. The molecule has 0 spiro atoms. The quantitative estimate of drug-likeness (QED) is 0.904. The molecule has 1 heterocycles. The highest BCUT2D eigenvalue weighted by Crippen LogP contribution is 2.38. The Morgan fingerprint density at radius 1 is 1.18 bits per heavy atom. The van der Waals surface area contributed by atoms with Crippen LogP contribution in [0.25, 0.3) is 11.3 Å². The third-order valence-electron chi connectivity index (χ3n) is 2.48. The Bertz CT molecular complexity index is 540. The number of rotatable bonds is 3. The monoisotopic (exact) mass is 251 g/mol. The summed E-state index contributed by atoms with van der Waals surface area (Å²) in [5, 5.41) is 0. The summed E-state index contributed by atoms with van der Waals surface area (Å²) >= 11 is 1.09. The molecule has 6 heteroatoms. The first-order valence-corrected chi connectivity index (χ1v) is 5.71. The van der Waals surface area contributed by atoms with Crippen molar-refractivity contribution in [2.75, 3.05) is 20.0 Å². The maximum absolute atomic E-state index is 5.79. The van der Waals surface area contributed by atoms with Gasteiger partial charge in [0.15, 0.2) is 5.82 Å². The van der Waals surface area contributed by atoms with Gasteiger partial charge in [-0.1, -0.05) is 0 Å². The predicted octanol–water partition coefficient (Wildman–Crippen LogP) is 2.11. The molecule has 0 aliphatic rings. The van der Waals surface area contributed by atoms with E-state index in [1.807, 2.05) is 13.0 Å². The second-order valence-electron chi connectivity index (χ2n) is 3.52. The molecule has 0 aliphatic heterocycles. The van der Waals surface area contributed by atoms with E-state index in [1.54, 1.807) is 20.3 Å². The molecule has 0 aliphatic carbocycles. The van der Waals surface area contributed by atoms with Gasteiger partial charge in [-0.25, -0.2) is 0 Å². The highest BCUT2D eigenvalue weighted by Gasteiger charge is 2.17. The van der Waals surface area contributed by atoms with Crippen LogP contribution >= 0.6 is 11.7 Å². The molecule has 90 valence electrons. The van der Waals surface area contributed by atoms with Gasteiger partial charge in [-0.3, -0.25) is 0 Å². The zero-order chi connectivity index (χ0) is 12.4. The number of ether oxygens (including phenoxy) is 2. The molecule has 1 aromatic heterocycles. The van der Waals surface area contributed by atoms with Crippen molar-refractivity contribution < 1.29 is 9.47 Å². The topological polar surface area (TPSA) is 70.3 Å². The number of hydrogen-bond acceptors (Lipinski definition) is 6. The third-order valence-corrected chi connectivity index (χ3v) is 3.02. The fourth-order valence-corrected chi connectivity index (χ4v) is 2.16. The maximum Gasteiger partial charge on any atom is 0.165 e. The first-order chi connectivity index (χ1) is 8.17. The Kier molecular flexibility index (Phi) is 3.14. The van der Waals surface area contributed by atoms with Crippen molar-refractivity contribution in [1.29, 1.82) is 0 Å². The molecule has 0 radical (unpaired) electrons. The van der Waals surface area contributed by atoms with E-state index in [1.165, 1.54) is 0 Å². The Hall–Kier alpha value is -1.82. The molecule has 0 bridgehead atoms. The van der Waals surface area contributed by atoms with Gasteiger partial charge in [0, 0.05) is 6.07 Å². The molecule has 5 nitrogen and oxygen atoms in total. The van der Waals surface area contributed by atoms with E-state index >= 15 is 0 Å². The number of nitrogens with zero attached hydrogens (tertiary/aromatic N) is 2. The minimum absolute atomic E-state index is 0.418.